The van der Waals surface area contributed by atoms with E-state index in [1.54, 1.807) is 0 Å². The van der Waals surface area contributed by atoms with E-state index >= 15 is 0 Å². The van der Waals surface area contributed by atoms with E-state index in [-0.39, 0.29) is 0 Å². The predicted octanol–water partition coefficient (Wildman–Crippen LogP) is 2.52. The number of hydrogen-bond acceptors (Lipinski definition) is 2. The zero-order valence-electron chi connectivity index (χ0n) is 15.4. The third kappa shape index (κ3) is 4.42. The number of carbonyl (C=O) groups excluding carboxylic acids is 1. The molecule has 0 aromatic heterocycles. The molecule has 0 aromatic rings. The van der Waals surface area contributed by atoms with Gasteiger partial charge in [-0.15, -0.1) is 0 Å². The highest BCUT2D eigenvalue weighted by Crippen LogP contribution is 2.34. The Morgan fingerprint density at radius 3 is 2.67 bits per heavy atom. The van der Waals surface area contributed by atoms with Gasteiger partial charge in [0.15, 0.2) is 5.96 Å². The van der Waals surface area contributed by atoms with Crippen molar-refractivity contribution in [3.63, 3.8) is 0 Å². The van der Waals surface area contributed by atoms with Crippen LogP contribution in [0.3, 0.4) is 0 Å². The van der Waals surface area contributed by atoms with Gasteiger partial charge in [-0.1, -0.05) is 26.2 Å². The Kier molecular flexibility index (Phi) is 6.01. The smallest absolute Gasteiger partial charge is 0.225 e. The van der Waals surface area contributed by atoms with Crippen molar-refractivity contribution >= 4 is 11.9 Å². The quantitative estimate of drug-likeness (QED) is 0.580. The SMILES string of the molecule is CCCC1CC1NC(=NCC)NC1CCN(C(=O)C2CCCC2)C1. The van der Waals surface area contributed by atoms with E-state index in [9.17, 15) is 4.79 Å². The van der Waals surface area contributed by atoms with Crippen molar-refractivity contribution in [1.29, 1.82) is 0 Å². The Morgan fingerprint density at radius 1 is 1.17 bits per heavy atom. The van der Waals surface area contributed by atoms with Gasteiger partial charge in [0.25, 0.3) is 0 Å². The number of amides is 1. The second-order valence-corrected chi connectivity index (χ2v) is 7.75. The van der Waals surface area contributed by atoms with Crippen LogP contribution in [0.4, 0.5) is 0 Å². The lowest BCUT2D eigenvalue weighted by Gasteiger charge is -2.21. The molecule has 0 bridgehead atoms. The van der Waals surface area contributed by atoms with Gasteiger partial charge in [0, 0.05) is 37.6 Å². The minimum absolute atomic E-state index is 0.298. The van der Waals surface area contributed by atoms with Gasteiger partial charge >= 0.3 is 0 Å². The summed E-state index contributed by atoms with van der Waals surface area (Å²) in [6.07, 6.45) is 9.52. The van der Waals surface area contributed by atoms with Crippen LogP contribution in [0, 0.1) is 11.8 Å². The lowest BCUT2D eigenvalue weighted by atomic mass is 10.1. The Hall–Kier alpha value is -1.26. The highest BCUT2D eigenvalue weighted by Gasteiger charge is 2.37. The van der Waals surface area contributed by atoms with E-state index in [2.05, 4.69) is 34.4 Å². The van der Waals surface area contributed by atoms with Gasteiger partial charge in [-0.05, 0) is 44.9 Å². The Labute approximate surface area is 146 Å². The van der Waals surface area contributed by atoms with Crippen LogP contribution in [-0.4, -0.2) is 48.5 Å². The number of hydrogen-bond donors (Lipinski definition) is 2. The molecule has 24 heavy (non-hydrogen) atoms. The molecule has 2 aliphatic carbocycles. The molecule has 2 N–H and O–H groups in total. The fourth-order valence-corrected chi connectivity index (χ4v) is 4.28. The van der Waals surface area contributed by atoms with Crippen LogP contribution in [0.2, 0.25) is 0 Å². The first-order valence-electron chi connectivity index (χ1n) is 10.1. The molecule has 5 nitrogen and oxygen atoms in total. The molecule has 1 amide bonds. The van der Waals surface area contributed by atoms with Crippen LogP contribution >= 0.6 is 0 Å². The van der Waals surface area contributed by atoms with E-state index in [1.807, 2.05) is 0 Å². The van der Waals surface area contributed by atoms with Gasteiger partial charge in [-0.3, -0.25) is 9.79 Å². The highest BCUT2D eigenvalue weighted by atomic mass is 16.2. The molecule has 3 rings (SSSR count). The Morgan fingerprint density at radius 2 is 1.96 bits per heavy atom. The minimum atomic E-state index is 0.298. The maximum atomic E-state index is 12.6. The molecule has 3 unspecified atom stereocenters. The average Bonchev–Trinajstić information content (AvgIpc) is 3.00. The normalized spacial score (nSPS) is 30.7. The molecular formula is C19H34N4O. The molecule has 1 aliphatic heterocycles. The summed E-state index contributed by atoms with van der Waals surface area (Å²) < 4.78 is 0. The molecule has 1 saturated heterocycles. The van der Waals surface area contributed by atoms with Crippen molar-refractivity contribution in [2.45, 2.75) is 77.3 Å². The summed E-state index contributed by atoms with van der Waals surface area (Å²) >= 11 is 0. The van der Waals surface area contributed by atoms with Crippen LogP contribution in [0.5, 0.6) is 0 Å². The topological polar surface area (TPSA) is 56.7 Å². The second-order valence-electron chi connectivity index (χ2n) is 7.75. The van der Waals surface area contributed by atoms with E-state index in [0.717, 1.165) is 50.8 Å². The van der Waals surface area contributed by atoms with Gasteiger partial charge in [0.05, 0.1) is 0 Å². The zero-order chi connectivity index (χ0) is 16.9. The first kappa shape index (κ1) is 17.6. The van der Waals surface area contributed by atoms with Crippen LogP contribution in [-0.2, 0) is 4.79 Å². The second kappa shape index (κ2) is 8.21. The van der Waals surface area contributed by atoms with Crippen molar-refractivity contribution in [2.75, 3.05) is 19.6 Å². The third-order valence-corrected chi connectivity index (χ3v) is 5.77. The molecular weight excluding hydrogens is 300 g/mol. The summed E-state index contributed by atoms with van der Waals surface area (Å²) in [6.45, 7) is 6.85. The number of aliphatic imine (C=N–C) groups is 1. The van der Waals surface area contributed by atoms with Gasteiger partial charge in [0.2, 0.25) is 5.91 Å². The Balaban J connectivity index is 1.46. The van der Waals surface area contributed by atoms with Crippen LogP contribution in [0.15, 0.2) is 4.99 Å². The van der Waals surface area contributed by atoms with Crippen molar-refractivity contribution in [2.24, 2.45) is 16.8 Å². The molecule has 3 atom stereocenters. The first-order valence-corrected chi connectivity index (χ1v) is 10.1. The predicted molar refractivity (Wildman–Crippen MR) is 98.0 cm³/mol. The molecule has 2 saturated carbocycles. The minimum Gasteiger partial charge on any atom is -0.353 e. The molecule has 1 heterocycles. The lowest BCUT2D eigenvalue weighted by Crippen LogP contribution is -2.46. The summed E-state index contributed by atoms with van der Waals surface area (Å²) in [7, 11) is 0. The number of guanidine groups is 1. The fourth-order valence-electron chi connectivity index (χ4n) is 4.28. The molecule has 5 heteroatoms. The van der Waals surface area contributed by atoms with Crippen molar-refractivity contribution in [3.05, 3.63) is 0 Å². The summed E-state index contributed by atoms with van der Waals surface area (Å²) in [5.41, 5.74) is 0. The maximum absolute atomic E-state index is 12.6. The lowest BCUT2D eigenvalue weighted by molar-refractivity contribution is -0.134. The number of nitrogens with one attached hydrogen (secondary N) is 2. The monoisotopic (exact) mass is 334 g/mol. The number of likely N-dealkylation sites (tertiary alicyclic amines) is 1. The molecule has 0 aromatic carbocycles. The van der Waals surface area contributed by atoms with E-state index in [0.29, 0.717) is 23.9 Å². The summed E-state index contributed by atoms with van der Waals surface area (Å²) in [5, 5.41) is 7.16. The van der Waals surface area contributed by atoms with E-state index in [4.69, 9.17) is 0 Å². The van der Waals surface area contributed by atoms with Gasteiger partial charge in [-0.25, -0.2) is 0 Å². The maximum Gasteiger partial charge on any atom is 0.225 e. The van der Waals surface area contributed by atoms with Gasteiger partial charge in [-0.2, -0.15) is 0 Å². The average molecular weight is 335 g/mol. The number of carbonyl (C=O) groups is 1. The molecule has 0 radical (unpaired) electrons. The van der Waals surface area contributed by atoms with Crippen LogP contribution < -0.4 is 10.6 Å². The molecule has 3 fully saturated rings. The zero-order valence-corrected chi connectivity index (χ0v) is 15.4. The fraction of sp³-hybridized carbons (Fsp3) is 0.895. The molecule has 3 aliphatic rings. The van der Waals surface area contributed by atoms with Crippen molar-refractivity contribution < 1.29 is 4.79 Å². The first-order chi connectivity index (χ1) is 11.7. The van der Waals surface area contributed by atoms with Crippen LogP contribution in [0.25, 0.3) is 0 Å². The van der Waals surface area contributed by atoms with Gasteiger partial charge < -0.3 is 15.5 Å². The third-order valence-electron chi connectivity index (χ3n) is 5.77. The molecule has 0 spiro atoms. The van der Waals surface area contributed by atoms with E-state index in [1.165, 1.54) is 32.1 Å². The standard InChI is InChI=1S/C19H34N4O/c1-3-7-15-12-17(15)22-19(20-4-2)21-16-10-11-23(13-16)18(24)14-8-5-6-9-14/h14-17H,3-13H2,1-2H3,(H2,20,21,22). The van der Waals surface area contributed by atoms with Crippen LogP contribution in [0.1, 0.15) is 65.2 Å². The highest BCUT2D eigenvalue weighted by molar-refractivity contribution is 5.82. The summed E-state index contributed by atoms with van der Waals surface area (Å²) in [4.78, 5) is 19.2. The van der Waals surface area contributed by atoms with Crippen molar-refractivity contribution in [1.82, 2.24) is 15.5 Å². The number of rotatable bonds is 6. The largest absolute Gasteiger partial charge is 0.353 e. The molecule has 136 valence electrons. The Bertz CT molecular complexity index is 458. The number of nitrogens with zero attached hydrogens (tertiary/aromatic N) is 2. The van der Waals surface area contributed by atoms with E-state index < -0.39 is 0 Å². The summed E-state index contributed by atoms with van der Waals surface area (Å²) in [6, 6.07) is 0.942. The van der Waals surface area contributed by atoms with Crippen molar-refractivity contribution in [3.8, 4) is 0 Å². The summed E-state index contributed by atoms with van der Waals surface area (Å²) in [5.74, 6) is 2.46. The van der Waals surface area contributed by atoms with Gasteiger partial charge in [0.1, 0.15) is 0 Å².